The normalized spacial score (nSPS) is 11.1. The highest BCUT2D eigenvalue weighted by molar-refractivity contribution is 5.88. The van der Waals surface area contributed by atoms with Gasteiger partial charge in [0.2, 0.25) is 5.95 Å². The van der Waals surface area contributed by atoms with Crippen LogP contribution in [0.1, 0.15) is 11.3 Å². The van der Waals surface area contributed by atoms with Crippen molar-refractivity contribution in [2.45, 2.75) is 6.92 Å². The molecule has 0 bridgehead atoms. The summed E-state index contributed by atoms with van der Waals surface area (Å²) in [6.45, 7) is 1.58. The lowest BCUT2D eigenvalue weighted by atomic mass is 10.2. The van der Waals surface area contributed by atoms with Crippen LogP contribution in [0.5, 0.6) is 0 Å². The monoisotopic (exact) mass is 361 g/mol. The van der Waals surface area contributed by atoms with Gasteiger partial charge in [-0.3, -0.25) is 9.78 Å². The lowest BCUT2D eigenvalue weighted by Crippen LogP contribution is -2.15. The van der Waals surface area contributed by atoms with Crippen LogP contribution in [-0.2, 0) is 0 Å². The van der Waals surface area contributed by atoms with Crippen LogP contribution >= 0.6 is 0 Å². The second-order valence-electron chi connectivity index (χ2n) is 5.65. The molecular weight excluding hydrogens is 346 g/mol. The molecule has 0 saturated heterocycles. The maximum atomic E-state index is 11.6. The maximum absolute atomic E-state index is 11.6. The Labute approximate surface area is 153 Å². The van der Waals surface area contributed by atoms with Crippen LogP contribution in [0.25, 0.3) is 17.1 Å². The zero-order chi connectivity index (χ0) is 18.6. The number of rotatable bonds is 5. The number of hydrogen-bond donors (Lipinski definition) is 2. The van der Waals surface area contributed by atoms with Crippen molar-refractivity contribution in [3.63, 3.8) is 0 Å². The summed E-state index contributed by atoms with van der Waals surface area (Å²) in [6, 6.07) is 13.3. The third-order valence-electron chi connectivity index (χ3n) is 3.75. The molecular formula is C18H15N7O2. The molecule has 4 aromatic rings. The average Bonchev–Trinajstić information content (AvgIpc) is 3.35. The molecule has 0 spiro atoms. The highest BCUT2D eigenvalue weighted by atomic mass is 16.3. The van der Waals surface area contributed by atoms with Crippen molar-refractivity contribution in [1.29, 1.82) is 0 Å². The van der Waals surface area contributed by atoms with E-state index in [0.29, 0.717) is 11.5 Å². The van der Waals surface area contributed by atoms with Crippen LogP contribution in [0.2, 0.25) is 0 Å². The van der Waals surface area contributed by atoms with Crippen molar-refractivity contribution >= 4 is 12.2 Å². The maximum Gasteiger partial charge on any atom is 0.274 e. The Bertz CT molecular complexity index is 1130. The van der Waals surface area contributed by atoms with Gasteiger partial charge in [0, 0.05) is 11.8 Å². The first-order valence-corrected chi connectivity index (χ1v) is 8.12. The molecule has 0 saturated carbocycles. The summed E-state index contributed by atoms with van der Waals surface area (Å²) in [5, 5.41) is 16.3. The molecule has 1 aromatic carbocycles. The number of hydrazone groups is 1. The number of nitrogens with zero attached hydrogens (tertiary/aromatic N) is 5. The highest BCUT2D eigenvalue weighted by Gasteiger charge is 2.13. The molecule has 0 atom stereocenters. The number of hydrogen-bond acceptors (Lipinski definition) is 7. The van der Waals surface area contributed by atoms with Gasteiger partial charge in [0.15, 0.2) is 5.76 Å². The largest absolute Gasteiger partial charge is 0.463 e. The fraction of sp³-hybridized carbons (Fsp3) is 0.0556. The van der Waals surface area contributed by atoms with Crippen molar-refractivity contribution < 1.29 is 4.42 Å². The Kier molecular flexibility index (Phi) is 4.32. The molecule has 0 fully saturated rings. The first-order chi connectivity index (χ1) is 13.2. The Balaban J connectivity index is 1.65. The van der Waals surface area contributed by atoms with E-state index in [1.54, 1.807) is 30.1 Å². The molecule has 0 aliphatic rings. The van der Waals surface area contributed by atoms with Gasteiger partial charge in [-0.25, -0.2) is 10.1 Å². The minimum absolute atomic E-state index is 0.150. The molecule has 9 heteroatoms. The Hall–Kier alpha value is -4.01. The molecule has 0 amide bonds. The number of anilines is 1. The van der Waals surface area contributed by atoms with Crippen LogP contribution in [0.4, 0.5) is 5.95 Å². The topological polar surface area (TPSA) is 114 Å². The lowest BCUT2D eigenvalue weighted by Gasteiger charge is -1.98. The smallest absolute Gasteiger partial charge is 0.274 e. The van der Waals surface area contributed by atoms with E-state index >= 15 is 0 Å². The highest BCUT2D eigenvalue weighted by Crippen LogP contribution is 2.23. The summed E-state index contributed by atoms with van der Waals surface area (Å²) >= 11 is 0. The van der Waals surface area contributed by atoms with Crippen LogP contribution in [0.3, 0.4) is 0 Å². The SMILES string of the molecule is Cc1nnc(N/N=C\c2cn(-c3ccccc3)nc2-c2ccco2)[nH]c1=O. The van der Waals surface area contributed by atoms with Gasteiger partial charge in [0.25, 0.3) is 5.56 Å². The van der Waals surface area contributed by atoms with Gasteiger partial charge in [-0.15, -0.1) is 10.2 Å². The van der Waals surface area contributed by atoms with Gasteiger partial charge in [0.1, 0.15) is 11.4 Å². The zero-order valence-corrected chi connectivity index (χ0v) is 14.3. The molecule has 0 radical (unpaired) electrons. The van der Waals surface area contributed by atoms with Crippen molar-refractivity contribution in [3.05, 3.63) is 76.5 Å². The molecule has 3 aromatic heterocycles. The molecule has 134 valence electrons. The van der Waals surface area contributed by atoms with E-state index < -0.39 is 0 Å². The quantitative estimate of drug-likeness (QED) is 0.417. The first-order valence-electron chi connectivity index (χ1n) is 8.12. The summed E-state index contributed by atoms with van der Waals surface area (Å²) in [7, 11) is 0. The van der Waals surface area contributed by atoms with Crippen LogP contribution in [-0.4, -0.2) is 31.2 Å². The number of para-hydroxylation sites is 1. The molecule has 0 unspecified atom stereocenters. The average molecular weight is 361 g/mol. The summed E-state index contributed by atoms with van der Waals surface area (Å²) in [4.78, 5) is 14.1. The summed E-state index contributed by atoms with van der Waals surface area (Å²) in [5.74, 6) is 0.770. The van der Waals surface area contributed by atoms with Crippen LogP contribution < -0.4 is 11.0 Å². The van der Waals surface area contributed by atoms with E-state index in [9.17, 15) is 4.79 Å². The van der Waals surface area contributed by atoms with Crippen molar-refractivity contribution in [3.8, 4) is 17.1 Å². The van der Waals surface area contributed by atoms with E-state index in [2.05, 4.69) is 30.8 Å². The molecule has 3 heterocycles. The zero-order valence-electron chi connectivity index (χ0n) is 14.3. The molecule has 27 heavy (non-hydrogen) atoms. The van der Waals surface area contributed by atoms with Gasteiger partial charge in [-0.2, -0.15) is 10.2 Å². The minimum Gasteiger partial charge on any atom is -0.463 e. The number of aromatic amines is 1. The number of furan rings is 1. The van der Waals surface area contributed by atoms with E-state index in [-0.39, 0.29) is 17.2 Å². The van der Waals surface area contributed by atoms with Gasteiger partial charge in [-0.1, -0.05) is 18.2 Å². The van der Waals surface area contributed by atoms with Gasteiger partial charge in [-0.05, 0) is 31.2 Å². The second-order valence-corrected chi connectivity index (χ2v) is 5.65. The van der Waals surface area contributed by atoms with Crippen molar-refractivity contribution in [2.75, 3.05) is 5.43 Å². The number of nitrogens with one attached hydrogen (secondary N) is 2. The fourth-order valence-electron chi connectivity index (χ4n) is 2.41. The molecule has 0 aliphatic heterocycles. The van der Waals surface area contributed by atoms with E-state index in [4.69, 9.17) is 4.42 Å². The van der Waals surface area contributed by atoms with Gasteiger partial charge >= 0.3 is 0 Å². The minimum atomic E-state index is -0.323. The second kappa shape index (κ2) is 7.08. The number of benzene rings is 1. The van der Waals surface area contributed by atoms with Crippen LogP contribution in [0, 0.1) is 6.92 Å². The van der Waals surface area contributed by atoms with Crippen LogP contribution in [0.15, 0.2) is 69.2 Å². The summed E-state index contributed by atoms with van der Waals surface area (Å²) < 4.78 is 7.22. The number of aromatic nitrogens is 5. The molecule has 9 nitrogen and oxygen atoms in total. The number of H-pyrrole nitrogens is 1. The number of aryl methyl sites for hydroxylation is 1. The third-order valence-corrected chi connectivity index (χ3v) is 3.75. The predicted molar refractivity (Wildman–Crippen MR) is 99.9 cm³/mol. The Morgan fingerprint density at radius 2 is 2.04 bits per heavy atom. The fourth-order valence-corrected chi connectivity index (χ4v) is 2.41. The summed E-state index contributed by atoms with van der Waals surface area (Å²) in [6.07, 6.45) is 4.99. The predicted octanol–water partition coefficient (Wildman–Crippen LogP) is 2.37. The van der Waals surface area contributed by atoms with E-state index in [0.717, 1.165) is 11.3 Å². The first kappa shape index (κ1) is 16.5. The third kappa shape index (κ3) is 3.52. The van der Waals surface area contributed by atoms with Crippen molar-refractivity contribution in [2.24, 2.45) is 5.10 Å². The van der Waals surface area contributed by atoms with E-state index in [1.807, 2.05) is 42.6 Å². The Morgan fingerprint density at radius 3 is 2.78 bits per heavy atom. The molecule has 4 rings (SSSR count). The summed E-state index contributed by atoms with van der Waals surface area (Å²) in [5.41, 5.74) is 4.89. The molecule has 0 aliphatic carbocycles. The Morgan fingerprint density at radius 1 is 1.19 bits per heavy atom. The van der Waals surface area contributed by atoms with Gasteiger partial charge in [0.05, 0.1) is 18.2 Å². The van der Waals surface area contributed by atoms with Gasteiger partial charge < -0.3 is 4.42 Å². The lowest BCUT2D eigenvalue weighted by molar-refractivity contribution is 0.579. The standard InChI is InChI=1S/C18H15N7O2/c1-12-17(26)20-18(23-21-12)22-19-10-13-11-25(14-6-3-2-4-7-14)24-16(13)15-8-5-9-27-15/h2-11H,1H3,(H2,20,22,23,26)/b19-10-. The molecule has 2 N–H and O–H groups in total. The van der Waals surface area contributed by atoms with Crippen molar-refractivity contribution in [1.82, 2.24) is 25.0 Å². The van der Waals surface area contributed by atoms with E-state index in [1.165, 1.54) is 0 Å².